The van der Waals surface area contributed by atoms with E-state index in [1.54, 1.807) is 12.3 Å². The van der Waals surface area contributed by atoms with Gasteiger partial charge in [-0.05, 0) is 49.8 Å². The smallest absolute Gasteiger partial charge is 0.267 e. The normalized spacial score (nSPS) is 21.2. The van der Waals surface area contributed by atoms with E-state index >= 15 is 0 Å². The average molecular weight is 470 g/mol. The third-order valence-electron chi connectivity index (χ3n) is 6.37. The zero-order valence-electron chi connectivity index (χ0n) is 18.7. The lowest BCUT2D eigenvalue weighted by Gasteiger charge is -2.32. The molecule has 0 aromatic carbocycles. The lowest BCUT2D eigenvalue weighted by molar-refractivity contribution is -0.117. The molecule has 10 heteroatoms. The van der Waals surface area contributed by atoms with E-state index in [-0.39, 0.29) is 28.2 Å². The number of hydrogen-bond acceptors (Lipinski definition) is 7. The zero-order valence-corrected chi connectivity index (χ0v) is 19.6. The number of aromatic nitrogens is 2. The number of nitrogens with zero attached hydrogens (tertiary/aromatic N) is 4. The van der Waals surface area contributed by atoms with Crippen LogP contribution in [0.15, 0.2) is 28.7 Å². The first kappa shape index (κ1) is 23.0. The Morgan fingerprint density at radius 1 is 1.30 bits per heavy atom. The first-order valence-electron chi connectivity index (χ1n) is 11.1. The van der Waals surface area contributed by atoms with Gasteiger partial charge in [-0.1, -0.05) is 13.0 Å². The molecule has 4 heterocycles. The Labute approximate surface area is 192 Å². The van der Waals surface area contributed by atoms with Crippen molar-refractivity contribution < 1.29 is 13.2 Å². The summed E-state index contributed by atoms with van der Waals surface area (Å²) in [6.45, 7) is 5.52. The van der Waals surface area contributed by atoms with Crippen LogP contribution >= 0.6 is 0 Å². The Kier molecular flexibility index (Phi) is 6.26. The minimum absolute atomic E-state index is 0.0103. The van der Waals surface area contributed by atoms with Gasteiger partial charge in [0.1, 0.15) is 23.1 Å². The second kappa shape index (κ2) is 8.98. The standard InChI is InChI=1S/C23H27N5O4S/c1-15-5-9-27(10-6-15)21-19(23(30)28-8-3-4-16(2)20(28)26-21)12-17(13-24)22(29)25-18-7-11-33(31,32)14-18/h3-4,8,12,15,18H,5-7,9-11,14H2,1-2H3,(H,25,29)/b17-12-/t18-/m1/s1. The summed E-state index contributed by atoms with van der Waals surface area (Å²) in [5.41, 5.74) is 0.946. The highest BCUT2D eigenvalue weighted by molar-refractivity contribution is 7.91. The number of rotatable bonds is 4. The van der Waals surface area contributed by atoms with E-state index in [9.17, 15) is 23.3 Å². The van der Waals surface area contributed by atoms with Crippen LogP contribution in [0.4, 0.5) is 5.82 Å². The summed E-state index contributed by atoms with van der Waals surface area (Å²) in [5.74, 6) is 0.216. The zero-order chi connectivity index (χ0) is 23.8. The minimum atomic E-state index is -3.18. The topological polar surface area (TPSA) is 125 Å². The number of hydrogen-bond donors (Lipinski definition) is 1. The molecule has 0 aliphatic carbocycles. The number of carbonyl (C=O) groups excluding carboxylic acids is 1. The van der Waals surface area contributed by atoms with Gasteiger partial charge in [0.15, 0.2) is 9.84 Å². The number of aryl methyl sites for hydroxylation is 1. The summed E-state index contributed by atoms with van der Waals surface area (Å²) in [7, 11) is -3.18. The highest BCUT2D eigenvalue weighted by atomic mass is 32.2. The second-order valence-corrected chi connectivity index (χ2v) is 11.2. The van der Waals surface area contributed by atoms with Gasteiger partial charge in [-0.15, -0.1) is 0 Å². The first-order chi connectivity index (χ1) is 15.7. The fourth-order valence-corrected chi connectivity index (χ4v) is 6.03. The quantitative estimate of drug-likeness (QED) is 0.531. The molecule has 2 aromatic rings. The molecule has 174 valence electrons. The van der Waals surface area contributed by atoms with Gasteiger partial charge < -0.3 is 10.2 Å². The molecule has 1 N–H and O–H groups in total. The van der Waals surface area contributed by atoms with E-state index in [2.05, 4.69) is 12.2 Å². The van der Waals surface area contributed by atoms with Crippen LogP contribution in [0.5, 0.6) is 0 Å². The molecule has 2 fully saturated rings. The molecule has 1 atom stereocenters. The highest BCUT2D eigenvalue weighted by Gasteiger charge is 2.30. The van der Waals surface area contributed by atoms with Crippen LogP contribution in [0.25, 0.3) is 11.7 Å². The van der Waals surface area contributed by atoms with E-state index in [4.69, 9.17) is 4.98 Å². The van der Waals surface area contributed by atoms with Crippen molar-refractivity contribution in [3.8, 4) is 6.07 Å². The molecule has 0 spiro atoms. The van der Waals surface area contributed by atoms with Crippen molar-refractivity contribution >= 4 is 33.3 Å². The molecule has 2 aliphatic heterocycles. The fraction of sp³-hybridized carbons (Fsp3) is 0.478. The van der Waals surface area contributed by atoms with Gasteiger partial charge >= 0.3 is 0 Å². The molecule has 2 aliphatic rings. The monoisotopic (exact) mass is 469 g/mol. The maximum Gasteiger partial charge on any atom is 0.267 e. The van der Waals surface area contributed by atoms with E-state index in [1.165, 1.54) is 10.5 Å². The summed E-state index contributed by atoms with van der Waals surface area (Å²) in [5, 5.41) is 12.3. The predicted molar refractivity (Wildman–Crippen MR) is 126 cm³/mol. The Morgan fingerprint density at radius 2 is 2.03 bits per heavy atom. The van der Waals surface area contributed by atoms with Gasteiger partial charge in [0.05, 0.1) is 17.1 Å². The van der Waals surface area contributed by atoms with Crippen molar-refractivity contribution in [2.75, 3.05) is 29.5 Å². The number of nitrogens with one attached hydrogen (secondary N) is 1. The minimum Gasteiger partial charge on any atom is -0.356 e. The van der Waals surface area contributed by atoms with Gasteiger partial charge in [0.2, 0.25) is 0 Å². The number of sulfone groups is 1. The lowest BCUT2D eigenvalue weighted by Crippen LogP contribution is -2.37. The SMILES string of the molecule is Cc1cccn2c(=O)c(/C=C(/C#N)C(=O)N[C@@H]3CCS(=O)(=O)C3)c(N3CCC(C)CC3)nc12. The van der Waals surface area contributed by atoms with Crippen molar-refractivity contribution in [2.24, 2.45) is 5.92 Å². The van der Waals surface area contributed by atoms with Crippen LogP contribution in [0.2, 0.25) is 0 Å². The number of pyridine rings is 1. The van der Waals surface area contributed by atoms with Crippen LogP contribution in [0.3, 0.4) is 0 Å². The fourth-order valence-electron chi connectivity index (χ4n) is 4.35. The first-order valence-corrected chi connectivity index (χ1v) is 12.9. The van der Waals surface area contributed by atoms with Crippen LogP contribution in [0, 0.1) is 24.2 Å². The molecule has 2 saturated heterocycles. The molecule has 0 unspecified atom stereocenters. The predicted octanol–water partition coefficient (Wildman–Crippen LogP) is 1.45. The lowest BCUT2D eigenvalue weighted by atomic mass is 9.99. The summed E-state index contributed by atoms with van der Waals surface area (Å²) in [6.07, 6.45) is 5.13. The molecular formula is C23H27N5O4S. The molecule has 2 aromatic heterocycles. The number of amides is 1. The van der Waals surface area contributed by atoms with Crippen molar-refractivity contribution in [1.82, 2.24) is 14.7 Å². The van der Waals surface area contributed by atoms with Gasteiger partial charge in [-0.2, -0.15) is 5.26 Å². The number of piperidine rings is 1. The highest BCUT2D eigenvalue weighted by Crippen LogP contribution is 2.26. The van der Waals surface area contributed by atoms with Crippen molar-refractivity contribution in [3.63, 3.8) is 0 Å². The number of nitriles is 1. The largest absolute Gasteiger partial charge is 0.356 e. The third kappa shape index (κ3) is 4.78. The number of carbonyl (C=O) groups is 1. The summed E-state index contributed by atoms with van der Waals surface area (Å²) >= 11 is 0. The number of anilines is 1. The molecule has 33 heavy (non-hydrogen) atoms. The number of fused-ring (bicyclic) bond motifs is 1. The van der Waals surface area contributed by atoms with Crippen molar-refractivity contribution in [3.05, 3.63) is 45.4 Å². The van der Waals surface area contributed by atoms with Crippen LogP contribution < -0.4 is 15.8 Å². The molecule has 0 bridgehead atoms. The Morgan fingerprint density at radius 3 is 2.67 bits per heavy atom. The summed E-state index contributed by atoms with van der Waals surface area (Å²) < 4.78 is 24.8. The van der Waals surface area contributed by atoms with E-state index in [0.29, 0.717) is 23.8 Å². The molecule has 4 rings (SSSR count). The maximum absolute atomic E-state index is 13.4. The Balaban J connectivity index is 1.77. The summed E-state index contributed by atoms with van der Waals surface area (Å²) in [6, 6.07) is 4.96. The second-order valence-electron chi connectivity index (χ2n) is 8.95. The maximum atomic E-state index is 13.4. The van der Waals surface area contributed by atoms with Gasteiger partial charge in [0, 0.05) is 25.3 Å². The Bertz CT molecular complexity index is 1330. The van der Waals surface area contributed by atoms with Gasteiger partial charge in [-0.3, -0.25) is 14.0 Å². The van der Waals surface area contributed by atoms with Crippen molar-refractivity contribution in [1.29, 1.82) is 5.26 Å². The average Bonchev–Trinajstić information content (AvgIpc) is 3.12. The van der Waals surface area contributed by atoms with Crippen molar-refractivity contribution in [2.45, 2.75) is 39.2 Å². The van der Waals surface area contributed by atoms with E-state index < -0.39 is 21.8 Å². The Hall–Kier alpha value is -3.19. The molecule has 0 saturated carbocycles. The van der Waals surface area contributed by atoms with Crippen LogP contribution in [0.1, 0.15) is 37.3 Å². The summed E-state index contributed by atoms with van der Waals surface area (Å²) in [4.78, 5) is 33.0. The van der Waals surface area contributed by atoms with Gasteiger partial charge in [0.25, 0.3) is 11.5 Å². The molecule has 1 amide bonds. The molecule has 9 nitrogen and oxygen atoms in total. The van der Waals surface area contributed by atoms with Crippen LogP contribution in [-0.4, -0.2) is 54.3 Å². The van der Waals surface area contributed by atoms with E-state index in [1.807, 2.05) is 24.0 Å². The molecular weight excluding hydrogens is 442 g/mol. The third-order valence-corrected chi connectivity index (χ3v) is 8.14. The van der Waals surface area contributed by atoms with Crippen LogP contribution in [-0.2, 0) is 14.6 Å². The molecule has 0 radical (unpaired) electrons. The van der Waals surface area contributed by atoms with E-state index in [0.717, 1.165) is 31.5 Å². The van der Waals surface area contributed by atoms with Gasteiger partial charge in [-0.25, -0.2) is 13.4 Å².